The van der Waals surface area contributed by atoms with Gasteiger partial charge in [0, 0.05) is 0 Å². The molecule has 0 aliphatic rings. The van der Waals surface area contributed by atoms with Crippen LogP contribution >= 0.6 is 0 Å². The van der Waals surface area contributed by atoms with Crippen LogP contribution in [0.2, 0.25) is 0 Å². The summed E-state index contributed by atoms with van der Waals surface area (Å²) in [4.78, 5) is 35.3. The first kappa shape index (κ1) is 17.7. The van der Waals surface area contributed by atoms with Crippen molar-refractivity contribution >= 4 is 17.8 Å². The summed E-state index contributed by atoms with van der Waals surface area (Å²) in [6.45, 7) is 8.43. The second-order valence-corrected chi connectivity index (χ2v) is 6.26. The Morgan fingerprint density at radius 1 is 1.27 bits per heavy atom. The van der Waals surface area contributed by atoms with Crippen molar-refractivity contribution in [3.63, 3.8) is 0 Å². The molecule has 0 spiro atoms. The molecule has 8 nitrogen and oxygen atoms in total. The summed E-state index contributed by atoms with van der Waals surface area (Å²) in [5, 5.41) is 20.3. The first-order valence-corrected chi connectivity index (χ1v) is 6.88. The Labute approximate surface area is 128 Å². The molecule has 0 saturated heterocycles. The summed E-state index contributed by atoms with van der Waals surface area (Å²) in [6.07, 6.45) is 0. The molecule has 0 saturated carbocycles. The number of nitrogens with zero attached hydrogens (tertiary/aromatic N) is 1. The predicted octanol–water partition coefficient (Wildman–Crippen LogP) is 0.452. The van der Waals surface area contributed by atoms with Crippen molar-refractivity contribution in [3.05, 3.63) is 17.5 Å². The van der Waals surface area contributed by atoms with E-state index < -0.39 is 35.3 Å². The van der Waals surface area contributed by atoms with Gasteiger partial charge in [-0.15, -0.1) is 0 Å². The van der Waals surface area contributed by atoms with Crippen LogP contribution in [0.4, 0.5) is 0 Å². The molecule has 0 aliphatic heterocycles. The number of aryl methyl sites for hydroxylation is 1. The molecular weight excluding hydrogens is 288 g/mol. The van der Waals surface area contributed by atoms with Crippen molar-refractivity contribution in [2.24, 2.45) is 5.41 Å². The lowest BCUT2D eigenvalue weighted by atomic mass is 9.86. The lowest BCUT2D eigenvalue weighted by molar-refractivity contribution is -0.142. The van der Waals surface area contributed by atoms with Gasteiger partial charge in [0.15, 0.2) is 0 Å². The summed E-state index contributed by atoms with van der Waals surface area (Å²) in [5.41, 5.74) is 0.305. The summed E-state index contributed by atoms with van der Waals surface area (Å²) in [5.74, 6) is -2.16. The number of amides is 2. The van der Waals surface area contributed by atoms with Crippen LogP contribution in [0, 0.1) is 12.3 Å². The Morgan fingerprint density at radius 2 is 1.86 bits per heavy atom. The van der Waals surface area contributed by atoms with E-state index in [2.05, 4.69) is 20.8 Å². The van der Waals surface area contributed by atoms with Gasteiger partial charge < -0.3 is 15.7 Å². The molecule has 122 valence electrons. The standard InChI is InChI=1S/C14H22N4O4/c1-7-6-9(18-17-7)11(19)16-10(14(3,4)5)12(20)15-8(2)13(21)22/h6,8,10H,1-5H3,(H,15,20)(H,16,19)(H,17,18)(H,21,22)/t8-,10+/m0/s1. The van der Waals surface area contributed by atoms with Crippen LogP contribution in [0.15, 0.2) is 6.07 Å². The Hall–Kier alpha value is -2.38. The van der Waals surface area contributed by atoms with Crippen molar-refractivity contribution in [3.8, 4) is 0 Å². The Balaban J connectivity index is 2.88. The summed E-state index contributed by atoms with van der Waals surface area (Å²) in [6, 6.07) is -0.360. The molecule has 8 heteroatoms. The number of rotatable bonds is 5. The van der Waals surface area contributed by atoms with Crippen molar-refractivity contribution in [1.82, 2.24) is 20.8 Å². The zero-order valence-corrected chi connectivity index (χ0v) is 13.4. The van der Waals surface area contributed by atoms with Gasteiger partial charge in [0.2, 0.25) is 5.91 Å². The van der Waals surface area contributed by atoms with E-state index in [0.717, 1.165) is 0 Å². The summed E-state index contributed by atoms with van der Waals surface area (Å²) in [7, 11) is 0. The summed E-state index contributed by atoms with van der Waals surface area (Å²) >= 11 is 0. The van der Waals surface area contributed by atoms with E-state index in [9.17, 15) is 14.4 Å². The number of carbonyl (C=O) groups is 3. The number of carboxylic acids is 1. The second kappa shape index (κ2) is 6.59. The van der Waals surface area contributed by atoms with Crippen molar-refractivity contribution in [1.29, 1.82) is 0 Å². The maximum absolute atomic E-state index is 12.3. The minimum atomic E-state index is -1.14. The highest BCUT2D eigenvalue weighted by Crippen LogP contribution is 2.20. The van der Waals surface area contributed by atoms with Crippen LogP contribution in [0.1, 0.15) is 43.9 Å². The molecule has 0 aliphatic carbocycles. The molecule has 0 bridgehead atoms. The van der Waals surface area contributed by atoms with E-state index in [-0.39, 0.29) is 5.69 Å². The number of aromatic amines is 1. The quantitative estimate of drug-likeness (QED) is 0.628. The smallest absolute Gasteiger partial charge is 0.325 e. The van der Waals surface area contributed by atoms with Crippen LogP contribution in [0.25, 0.3) is 0 Å². The molecule has 0 unspecified atom stereocenters. The van der Waals surface area contributed by atoms with Gasteiger partial charge >= 0.3 is 5.97 Å². The molecular formula is C14H22N4O4. The fourth-order valence-corrected chi connectivity index (χ4v) is 1.78. The average Bonchev–Trinajstić information content (AvgIpc) is 2.80. The van der Waals surface area contributed by atoms with Crippen LogP contribution in [-0.4, -0.2) is 45.2 Å². The van der Waals surface area contributed by atoms with Crippen molar-refractivity contribution < 1.29 is 19.5 Å². The summed E-state index contributed by atoms with van der Waals surface area (Å²) < 4.78 is 0. The molecule has 4 N–H and O–H groups in total. The van der Waals surface area contributed by atoms with E-state index in [1.54, 1.807) is 33.8 Å². The SMILES string of the molecule is Cc1cc(C(=O)N[C@H](C(=O)N[C@@H](C)C(=O)O)C(C)(C)C)[nH]n1. The number of carbonyl (C=O) groups excluding carboxylic acids is 2. The minimum absolute atomic E-state index is 0.242. The highest BCUT2D eigenvalue weighted by Gasteiger charge is 2.34. The molecule has 1 heterocycles. The third kappa shape index (κ3) is 4.57. The number of nitrogens with one attached hydrogen (secondary N) is 3. The van der Waals surface area contributed by atoms with Crippen LogP contribution in [-0.2, 0) is 9.59 Å². The molecule has 1 aromatic heterocycles. The third-order valence-corrected chi connectivity index (χ3v) is 3.08. The number of hydrogen-bond acceptors (Lipinski definition) is 4. The Morgan fingerprint density at radius 3 is 2.27 bits per heavy atom. The number of hydrogen-bond donors (Lipinski definition) is 4. The van der Waals surface area contributed by atoms with Gasteiger partial charge in [-0.25, -0.2) is 0 Å². The number of carboxylic acid groups (broad SMARTS) is 1. The minimum Gasteiger partial charge on any atom is -0.480 e. The topological polar surface area (TPSA) is 124 Å². The van der Waals surface area contributed by atoms with Gasteiger partial charge in [0.05, 0.1) is 5.69 Å². The number of aromatic nitrogens is 2. The molecule has 2 amide bonds. The molecule has 0 radical (unpaired) electrons. The first-order valence-electron chi connectivity index (χ1n) is 6.88. The zero-order chi connectivity index (χ0) is 17.1. The third-order valence-electron chi connectivity index (χ3n) is 3.08. The van der Waals surface area contributed by atoms with Crippen molar-refractivity contribution in [2.75, 3.05) is 0 Å². The molecule has 1 rings (SSSR count). The average molecular weight is 310 g/mol. The molecule has 0 aromatic carbocycles. The van der Waals surface area contributed by atoms with Gasteiger partial charge in [0.25, 0.3) is 5.91 Å². The molecule has 2 atom stereocenters. The largest absolute Gasteiger partial charge is 0.480 e. The monoisotopic (exact) mass is 310 g/mol. The highest BCUT2D eigenvalue weighted by atomic mass is 16.4. The van der Waals surface area contributed by atoms with E-state index in [4.69, 9.17) is 5.11 Å². The Bertz CT molecular complexity index is 574. The maximum Gasteiger partial charge on any atom is 0.325 e. The lowest BCUT2D eigenvalue weighted by Gasteiger charge is -2.30. The van der Waals surface area contributed by atoms with E-state index in [1.165, 1.54) is 6.92 Å². The highest BCUT2D eigenvalue weighted by molar-refractivity contribution is 5.97. The van der Waals surface area contributed by atoms with Gasteiger partial charge in [-0.05, 0) is 25.3 Å². The van der Waals surface area contributed by atoms with E-state index in [1.807, 2.05) is 0 Å². The zero-order valence-electron chi connectivity index (χ0n) is 13.4. The number of H-pyrrole nitrogens is 1. The van der Waals surface area contributed by atoms with Crippen LogP contribution in [0.3, 0.4) is 0 Å². The van der Waals surface area contributed by atoms with Crippen LogP contribution < -0.4 is 10.6 Å². The Kier molecular flexibility index (Phi) is 5.29. The van der Waals surface area contributed by atoms with E-state index >= 15 is 0 Å². The van der Waals surface area contributed by atoms with E-state index in [0.29, 0.717) is 5.69 Å². The second-order valence-electron chi connectivity index (χ2n) is 6.26. The van der Waals surface area contributed by atoms with Gasteiger partial charge in [-0.2, -0.15) is 5.10 Å². The normalized spacial score (nSPS) is 14.0. The van der Waals surface area contributed by atoms with Gasteiger partial charge in [0.1, 0.15) is 17.8 Å². The van der Waals surface area contributed by atoms with Crippen molar-refractivity contribution in [2.45, 2.75) is 46.7 Å². The van der Waals surface area contributed by atoms with Gasteiger partial charge in [-0.1, -0.05) is 20.8 Å². The lowest BCUT2D eigenvalue weighted by Crippen LogP contribution is -2.56. The number of aliphatic carboxylic acids is 1. The molecule has 0 fully saturated rings. The first-order chi connectivity index (χ1) is 10.0. The molecule has 1 aromatic rings. The maximum atomic E-state index is 12.3. The van der Waals surface area contributed by atoms with Gasteiger partial charge in [-0.3, -0.25) is 19.5 Å². The van der Waals surface area contributed by atoms with Crippen LogP contribution in [0.5, 0.6) is 0 Å². The molecule has 22 heavy (non-hydrogen) atoms. The fraction of sp³-hybridized carbons (Fsp3) is 0.571. The predicted molar refractivity (Wildman–Crippen MR) is 79.3 cm³/mol. The fourth-order valence-electron chi connectivity index (χ4n) is 1.78.